The van der Waals surface area contributed by atoms with Crippen molar-refractivity contribution in [2.75, 3.05) is 6.54 Å². The second-order valence-electron chi connectivity index (χ2n) is 12.1. The number of benzene rings is 2. The van der Waals surface area contributed by atoms with Crippen LogP contribution in [0.1, 0.15) is 102 Å². The molecule has 226 valence electrons. The van der Waals surface area contributed by atoms with Gasteiger partial charge in [-0.05, 0) is 76.6 Å². The summed E-state index contributed by atoms with van der Waals surface area (Å²) in [5.41, 5.74) is 3.11. The van der Waals surface area contributed by atoms with Crippen LogP contribution in [0.3, 0.4) is 0 Å². The van der Waals surface area contributed by atoms with Gasteiger partial charge in [-0.2, -0.15) is 0 Å². The van der Waals surface area contributed by atoms with Gasteiger partial charge in [-0.25, -0.2) is 4.79 Å². The van der Waals surface area contributed by atoms with Gasteiger partial charge in [0, 0.05) is 19.0 Å². The summed E-state index contributed by atoms with van der Waals surface area (Å²) in [4.78, 5) is 43.1. The monoisotopic (exact) mass is 565 g/mol. The third kappa shape index (κ3) is 11.2. The number of carbonyl (C=O) groups excluding carboxylic acids is 3. The number of carbonyl (C=O) groups is 3. The molecule has 41 heavy (non-hydrogen) atoms. The Morgan fingerprint density at radius 2 is 1.59 bits per heavy atom. The number of hydrogen-bond acceptors (Lipinski definition) is 4. The zero-order valence-corrected chi connectivity index (χ0v) is 26.4. The van der Waals surface area contributed by atoms with Crippen molar-refractivity contribution in [1.82, 2.24) is 15.5 Å². The van der Waals surface area contributed by atoms with Crippen molar-refractivity contribution in [2.24, 2.45) is 0 Å². The smallest absolute Gasteiger partial charge is 0.408 e. The normalized spacial score (nSPS) is 13.6. The Morgan fingerprint density at radius 1 is 0.902 bits per heavy atom. The van der Waals surface area contributed by atoms with Gasteiger partial charge in [0.05, 0.1) is 0 Å². The van der Waals surface area contributed by atoms with Crippen LogP contribution in [-0.4, -0.2) is 47.0 Å². The van der Waals surface area contributed by atoms with Crippen LogP contribution >= 0.6 is 0 Å². The Balaban J connectivity index is 2.58. The average molecular weight is 566 g/mol. The number of nitrogens with one attached hydrogen (secondary N) is 2. The minimum absolute atomic E-state index is 0.0332. The molecule has 2 aromatic rings. The van der Waals surface area contributed by atoms with Crippen molar-refractivity contribution in [3.8, 4) is 0 Å². The van der Waals surface area contributed by atoms with Crippen LogP contribution in [0.5, 0.6) is 0 Å². The van der Waals surface area contributed by atoms with Gasteiger partial charge in [0.15, 0.2) is 0 Å². The largest absolute Gasteiger partial charge is 0.444 e. The van der Waals surface area contributed by atoms with Crippen LogP contribution in [0.2, 0.25) is 0 Å². The van der Waals surface area contributed by atoms with Crippen molar-refractivity contribution >= 4 is 17.9 Å². The fourth-order valence-corrected chi connectivity index (χ4v) is 4.83. The summed E-state index contributed by atoms with van der Waals surface area (Å²) in [6.07, 6.45) is 4.02. The van der Waals surface area contributed by atoms with Gasteiger partial charge < -0.3 is 20.3 Å². The second-order valence-corrected chi connectivity index (χ2v) is 12.1. The summed E-state index contributed by atoms with van der Waals surface area (Å²) in [5, 5.41) is 5.99. The van der Waals surface area contributed by atoms with E-state index in [1.165, 1.54) is 0 Å². The first-order valence-electron chi connectivity index (χ1n) is 15.1. The highest BCUT2D eigenvalue weighted by molar-refractivity contribution is 5.92. The Hall–Kier alpha value is -3.35. The minimum atomic E-state index is -0.913. The predicted molar refractivity (Wildman–Crippen MR) is 166 cm³/mol. The number of ether oxygens (including phenoxy) is 1. The summed E-state index contributed by atoms with van der Waals surface area (Å²) in [7, 11) is 0. The third-order valence-electron chi connectivity index (χ3n) is 7.07. The van der Waals surface area contributed by atoms with E-state index in [0.29, 0.717) is 6.54 Å². The topological polar surface area (TPSA) is 87.7 Å². The molecule has 0 bridgehead atoms. The third-order valence-corrected chi connectivity index (χ3v) is 7.07. The summed E-state index contributed by atoms with van der Waals surface area (Å²) >= 11 is 0. The zero-order chi connectivity index (χ0) is 30.6. The first-order chi connectivity index (χ1) is 19.4. The molecule has 0 spiro atoms. The Bertz CT molecular complexity index is 1130. The summed E-state index contributed by atoms with van der Waals surface area (Å²) in [5.74, 6) is -0.521. The van der Waals surface area contributed by atoms with Gasteiger partial charge in [-0.3, -0.25) is 9.59 Å². The molecule has 7 nitrogen and oxygen atoms in total. The molecule has 2 N–H and O–H groups in total. The quantitative estimate of drug-likeness (QED) is 0.247. The SMILES string of the molecule is CCCCCN(C(=O)C(Cc1ccccc1)NC(=O)OC(C)(C)C)C(C(=O)NC(C)CCC)c1ccc(C)c(C)c1. The lowest BCUT2D eigenvalue weighted by Gasteiger charge is -2.35. The molecule has 2 aromatic carbocycles. The molecular weight excluding hydrogens is 514 g/mol. The van der Waals surface area contributed by atoms with Gasteiger partial charge in [-0.15, -0.1) is 0 Å². The fraction of sp³-hybridized carbons (Fsp3) is 0.559. The molecule has 3 unspecified atom stereocenters. The number of amides is 3. The lowest BCUT2D eigenvalue weighted by molar-refractivity contribution is -0.142. The maximum Gasteiger partial charge on any atom is 0.408 e. The van der Waals surface area contributed by atoms with Gasteiger partial charge in [0.25, 0.3) is 0 Å². The van der Waals surface area contributed by atoms with Gasteiger partial charge in [-0.1, -0.05) is 81.6 Å². The lowest BCUT2D eigenvalue weighted by Crippen LogP contribution is -2.54. The van der Waals surface area contributed by atoms with Gasteiger partial charge >= 0.3 is 6.09 Å². The number of rotatable bonds is 14. The highest BCUT2D eigenvalue weighted by Crippen LogP contribution is 2.26. The molecule has 0 radical (unpaired) electrons. The van der Waals surface area contributed by atoms with E-state index >= 15 is 0 Å². The number of aryl methyl sites for hydroxylation is 2. The fourth-order valence-electron chi connectivity index (χ4n) is 4.83. The Morgan fingerprint density at radius 3 is 2.17 bits per heavy atom. The van der Waals surface area contributed by atoms with Crippen molar-refractivity contribution in [3.63, 3.8) is 0 Å². The van der Waals surface area contributed by atoms with Crippen molar-refractivity contribution in [1.29, 1.82) is 0 Å². The maximum atomic E-state index is 14.5. The molecule has 7 heteroatoms. The van der Waals surface area contributed by atoms with Crippen molar-refractivity contribution in [2.45, 2.75) is 118 Å². The highest BCUT2D eigenvalue weighted by Gasteiger charge is 2.36. The second kappa shape index (κ2) is 16.2. The molecule has 0 aliphatic carbocycles. The average Bonchev–Trinajstić information content (AvgIpc) is 2.89. The molecule has 3 amide bonds. The molecule has 0 saturated heterocycles. The molecule has 0 fully saturated rings. The van der Waals surface area contributed by atoms with E-state index in [-0.39, 0.29) is 24.3 Å². The highest BCUT2D eigenvalue weighted by atomic mass is 16.6. The first kappa shape index (κ1) is 33.9. The van der Waals surface area contributed by atoms with Crippen LogP contribution in [0, 0.1) is 13.8 Å². The zero-order valence-electron chi connectivity index (χ0n) is 26.4. The maximum absolute atomic E-state index is 14.5. The molecule has 0 heterocycles. The summed E-state index contributed by atoms with van der Waals surface area (Å²) in [6, 6.07) is 13.7. The van der Waals surface area contributed by atoms with E-state index in [9.17, 15) is 14.4 Å². The molecule has 0 aromatic heterocycles. The van der Waals surface area contributed by atoms with Crippen LogP contribution in [0.15, 0.2) is 48.5 Å². The Labute approximate surface area is 247 Å². The van der Waals surface area contributed by atoms with Crippen LogP contribution in [0.4, 0.5) is 4.79 Å². The summed E-state index contributed by atoms with van der Waals surface area (Å²) in [6.45, 7) is 16.0. The number of hydrogen-bond donors (Lipinski definition) is 2. The molecule has 0 aliphatic rings. The van der Waals surface area contributed by atoms with Crippen LogP contribution in [-0.2, 0) is 20.7 Å². The number of unbranched alkanes of at least 4 members (excludes halogenated alkanes) is 2. The molecule has 0 saturated carbocycles. The lowest BCUT2D eigenvalue weighted by atomic mass is 9.96. The van der Waals surface area contributed by atoms with Gasteiger partial charge in [0.1, 0.15) is 17.7 Å². The molecule has 0 aliphatic heterocycles. The van der Waals surface area contributed by atoms with E-state index in [2.05, 4.69) is 24.5 Å². The first-order valence-corrected chi connectivity index (χ1v) is 15.1. The van der Waals surface area contributed by atoms with Crippen LogP contribution in [0.25, 0.3) is 0 Å². The standard InChI is InChI=1S/C34H51N3O4/c1-9-11-15-21-37(30(31(38)35-26(5)16-10-2)28-20-19-24(3)25(4)22-28)32(39)29(23-27-17-13-12-14-18-27)36-33(40)41-34(6,7)8/h12-14,17-20,22,26,29-30H,9-11,15-16,21,23H2,1-8H3,(H,35,38)(H,36,40). The number of alkyl carbamates (subject to hydrolysis) is 1. The van der Waals surface area contributed by atoms with Crippen LogP contribution < -0.4 is 10.6 Å². The van der Waals surface area contributed by atoms with E-state index in [1.807, 2.05) is 69.3 Å². The van der Waals surface area contributed by atoms with E-state index < -0.39 is 23.8 Å². The minimum Gasteiger partial charge on any atom is -0.444 e. The van der Waals surface area contributed by atoms with Gasteiger partial charge in [0.2, 0.25) is 11.8 Å². The molecule has 3 atom stereocenters. The summed E-state index contributed by atoms with van der Waals surface area (Å²) < 4.78 is 5.54. The van der Waals surface area contributed by atoms with E-state index in [4.69, 9.17) is 4.74 Å². The van der Waals surface area contributed by atoms with Crippen molar-refractivity contribution in [3.05, 3.63) is 70.8 Å². The van der Waals surface area contributed by atoms with E-state index in [0.717, 1.165) is 54.4 Å². The molecular formula is C34H51N3O4. The molecule has 2 rings (SSSR count). The Kier molecular flexibility index (Phi) is 13.4. The number of nitrogens with zero attached hydrogens (tertiary/aromatic N) is 1. The predicted octanol–water partition coefficient (Wildman–Crippen LogP) is 6.80. The van der Waals surface area contributed by atoms with E-state index in [1.54, 1.807) is 25.7 Å². The van der Waals surface area contributed by atoms with Crippen molar-refractivity contribution < 1.29 is 19.1 Å².